The van der Waals surface area contributed by atoms with Crippen LogP contribution in [0, 0.1) is 34.5 Å². The first-order valence-electron chi connectivity index (χ1n) is 10.5. The number of allylic oxidation sites excluding steroid dienone is 1. The zero-order valence-corrected chi connectivity index (χ0v) is 17.7. The van der Waals surface area contributed by atoms with Crippen LogP contribution in [0.25, 0.3) is 0 Å². The highest BCUT2D eigenvalue weighted by Crippen LogP contribution is 2.66. The SMILES string of the molecule is C=C1C[C@H]2CC(=NOCCN)CC[C@]2(C)[C@H]2CC[C@]3(C)C(=O)CC[C@H]3[C@H]12.Cl. The maximum absolute atomic E-state index is 12.6. The molecular formula is C22H35ClN2O2. The molecule has 0 saturated heterocycles. The Bertz CT molecular complexity index is 648. The molecule has 4 saturated carbocycles. The van der Waals surface area contributed by atoms with E-state index in [1.165, 1.54) is 24.1 Å². The van der Waals surface area contributed by atoms with Crippen molar-refractivity contribution in [2.24, 2.45) is 45.4 Å². The van der Waals surface area contributed by atoms with Crippen LogP contribution in [0.5, 0.6) is 0 Å². The number of nitrogens with two attached hydrogens (primary N) is 1. The molecule has 4 aliphatic rings. The number of ketones is 1. The van der Waals surface area contributed by atoms with Gasteiger partial charge in [-0.25, -0.2) is 0 Å². The van der Waals surface area contributed by atoms with E-state index in [1.807, 2.05) is 0 Å². The number of rotatable bonds is 3. The van der Waals surface area contributed by atoms with Gasteiger partial charge in [0.15, 0.2) is 0 Å². The Morgan fingerprint density at radius 2 is 1.96 bits per heavy atom. The molecule has 0 aliphatic heterocycles. The monoisotopic (exact) mass is 394 g/mol. The summed E-state index contributed by atoms with van der Waals surface area (Å²) in [6, 6.07) is 0. The fourth-order valence-corrected chi connectivity index (χ4v) is 6.98. The van der Waals surface area contributed by atoms with E-state index in [-0.39, 0.29) is 17.8 Å². The Kier molecular flexibility index (Phi) is 5.80. The zero-order chi connectivity index (χ0) is 18.5. The first-order chi connectivity index (χ1) is 12.4. The third-order valence-corrected chi connectivity index (χ3v) is 8.58. The summed E-state index contributed by atoms with van der Waals surface area (Å²) in [5, 5.41) is 4.36. The van der Waals surface area contributed by atoms with Crippen LogP contribution in [-0.2, 0) is 9.63 Å². The normalized spacial score (nSPS) is 44.9. The molecule has 0 unspecified atom stereocenters. The lowest BCUT2D eigenvalue weighted by Crippen LogP contribution is -2.54. The van der Waals surface area contributed by atoms with Crippen molar-refractivity contribution in [3.63, 3.8) is 0 Å². The van der Waals surface area contributed by atoms with E-state index in [4.69, 9.17) is 10.6 Å². The smallest absolute Gasteiger partial charge is 0.139 e. The van der Waals surface area contributed by atoms with Gasteiger partial charge >= 0.3 is 0 Å². The topological polar surface area (TPSA) is 64.7 Å². The number of hydrogen-bond acceptors (Lipinski definition) is 4. The Hall–Kier alpha value is -0.870. The van der Waals surface area contributed by atoms with Crippen LogP contribution in [0.3, 0.4) is 0 Å². The molecule has 0 aromatic rings. The summed E-state index contributed by atoms with van der Waals surface area (Å²) in [7, 11) is 0. The van der Waals surface area contributed by atoms with Gasteiger partial charge in [-0.05, 0) is 74.0 Å². The highest BCUT2D eigenvalue weighted by molar-refractivity contribution is 5.87. The summed E-state index contributed by atoms with van der Waals surface area (Å²) in [6.07, 6.45) is 8.48. The molecule has 4 fully saturated rings. The van der Waals surface area contributed by atoms with Crippen molar-refractivity contribution >= 4 is 23.9 Å². The first kappa shape index (κ1) is 20.9. The van der Waals surface area contributed by atoms with Gasteiger partial charge in [-0.2, -0.15) is 0 Å². The largest absolute Gasteiger partial charge is 0.395 e. The van der Waals surface area contributed by atoms with E-state index in [0.29, 0.717) is 48.0 Å². The lowest BCUT2D eigenvalue weighted by molar-refractivity contribution is -0.133. The number of oxime groups is 1. The maximum Gasteiger partial charge on any atom is 0.139 e. The third kappa shape index (κ3) is 3.17. The number of fused-ring (bicyclic) bond motifs is 5. The molecule has 2 N–H and O–H groups in total. The maximum atomic E-state index is 12.6. The number of nitrogens with zero attached hydrogens (tertiary/aromatic N) is 1. The standard InChI is InChI=1S/C22H34N2O2.ClH/c1-14-12-15-13-16(24-26-11-10-23)6-8-21(15,2)18-7-9-22(3)17(20(14)18)4-5-19(22)25;/h15,17-18,20H,1,4-13,23H2,2-3H3;1H/t15-,17-,18-,20-,21-,22-;/m0./s1. The van der Waals surface area contributed by atoms with E-state index in [0.717, 1.165) is 38.5 Å². The second-order valence-electron chi connectivity index (χ2n) is 9.71. The molecule has 0 heterocycles. The Morgan fingerprint density at radius 1 is 1.19 bits per heavy atom. The summed E-state index contributed by atoms with van der Waals surface area (Å²) in [4.78, 5) is 17.9. The van der Waals surface area contributed by atoms with Gasteiger partial charge in [0.1, 0.15) is 12.4 Å². The van der Waals surface area contributed by atoms with Crippen molar-refractivity contribution in [2.45, 2.75) is 65.2 Å². The Balaban J connectivity index is 0.00000210. The number of halogens is 1. The van der Waals surface area contributed by atoms with Crippen LogP contribution < -0.4 is 5.73 Å². The average Bonchev–Trinajstić information content (AvgIpc) is 2.92. The summed E-state index contributed by atoms with van der Waals surface area (Å²) >= 11 is 0. The van der Waals surface area contributed by atoms with Crippen molar-refractivity contribution in [1.29, 1.82) is 0 Å². The molecule has 4 nitrogen and oxygen atoms in total. The first-order valence-corrected chi connectivity index (χ1v) is 10.5. The molecule has 4 aliphatic carbocycles. The van der Waals surface area contributed by atoms with E-state index < -0.39 is 0 Å². The van der Waals surface area contributed by atoms with Gasteiger partial charge < -0.3 is 10.6 Å². The quantitative estimate of drug-likeness (QED) is 0.435. The van der Waals surface area contributed by atoms with Gasteiger partial charge in [-0.15, -0.1) is 12.4 Å². The van der Waals surface area contributed by atoms with Crippen LogP contribution in [0.1, 0.15) is 65.2 Å². The van der Waals surface area contributed by atoms with Crippen LogP contribution in [0.15, 0.2) is 17.3 Å². The molecule has 0 radical (unpaired) electrons. The van der Waals surface area contributed by atoms with Crippen LogP contribution >= 0.6 is 12.4 Å². The molecule has 0 spiro atoms. The third-order valence-electron chi connectivity index (χ3n) is 8.58. The van der Waals surface area contributed by atoms with E-state index in [1.54, 1.807) is 0 Å². The summed E-state index contributed by atoms with van der Waals surface area (Å²) in [5.74, 6) is 2.89. The van der Waals surface area contributed by atoms with Crippen LogP contribution in [0.2, 0.25) is 0 Å². The zero-order valence-electron chi connectivity index (χ0n) is 16.8. The van der Waals surface area contributed by atoms with Gasteiger partial charge in [-0.3, -0.25) is 4.79 Å². The number of carbonyl (C=O) groups excluding carboxylic acids is 1. The molecule has 27 heavy (non-hydrogen) atoms. The molecule has 6 atom stereocenters. The van der Waals surface area contributed by atoms with E-state index in [2.05, 4.69) is 25.6 Å². The highest BCUT2D eigenvalue weighted by atomic mass is 35.5. The minimum Gasteiger partial charge on any atom is -0.395 e. The van der Waals surface area contributed by atoms with Gasteiger partial charge in [0.05, 0.1) is 5.71 Å². The second kappa shape index (κ2) is 7.51. The molecule has 0 aromatic heterocycles. The molecule has 5 heteroatoms. The average molecular weight is 395 g/mol. The minimum atomic E-state index is -0.0787. The Labute approximate surface area is 169 Å². The van der Waals surface area contributed by atoms with Gasteiger partial charge in [-0.1, -0.05) is 31.2 Å². The molecule has 152 valence electrons. The van der Waals surface area contributed by atoms with Gasteiger partial charge in [0.25, 0.3) is 0 Å². The van der Waals surface area contributed by atoms with E-state index in [9.17, 15) is 4.79 Å². The van der Waals surface area contributed by atoms with Crippen molar-refractivity contribution in [3.05, 3.63) is 12.2 Å². The number of Topliss-reactive ketones (excluding diaryl/α,β-unsaturated/α-hetero) is 1. The molecule has 4 rings (SSSR count). The highest BCUT2D eigenvalue weighted by Gasteiger charge is 2.61. The number of carbonyl (C=O) groups is 1. The molecule has 0 aromatic carbocycles. The predicted octanol–water partition coefficient (Wildman–Crippen LogP) is 4.52. The second-order valence-corrected chi connectivity index (χ2v) is 9.71. The van der Waals surface area contributed by atoms with Crippen LogP contribution in [0.4, 0.5) is 0 Å². The van der Waals surface area contributed by atoms with Crippen LogP contribution in [-0.4, -0.2) is 24.6 Å². The summed E-state index contributed by atoms with van der Waals surface area (Å²) in [6.45, 7) is 10.3. The molecule has 0 bridgehead atoms. The lowest BCUT2D eigenvalue weighted by atomic mass is 9.44. The van der Waals surface area contributed by atoms with Crippen molar-refractivity contribution in [2.75, 3.05) is 13.2 Å². The fourth-order valence-electron chi connectivity index (χ4n) is 6.98. The summed E-state index contributed by atoms with van der Waals surface area (Å²) in [5.41, 5.74) is 8.38. The number of hydrogen-bond donors (Lipinski definition) is 1. The molecular weight excluding hydrogens is 360 g/mol. The predicted molar refractivity (Wildman–Crippen MR) is 111 cm³/mol. The van der Waals surface area contributed by atoms with E-state index >= 15 is 0 Å². The van der Waals surface area contributed by atoms with Crippen molar-refractivity contribution < 1.29 is 9.63 Å². The molecule has 0 amide bonds. The minimum absolute atomic E-state index is 0. The van der Waals surface area contributed by atoms with Gasteiger partial charge in [0.2, 0.25) is 0 Å². The van der Waals surface area contributed by atoms with Gasteiger partial charge in [0, 0.05) is 18.4 Å². The van der Waals surface area contributed by atoms with Crippen molar-refractivity contribution in [1.82, 2.24) is 0 Å². The Morgan fingerprint density at radius 3 is 2.70 bits per heavy atom. The van der Waals surface area contributed by atoms with Crippen molar-refractivity contribution in [3.8, 4) is 0 Å². The summed E-state index contributed by atoms with van der Waals surface area (Å²) < 4.78 is 0. The lowest BCUT2D eigenvalue weighted by Gasteiger charge is -2.60. The fraction of sp³-hybridized carbons (Fsp3) is 0.818.